The van der Waals surface area contributed by atoms with Gasteiger partial charge in [0.15, 0.2) is 0 Å². The first-order valence-electron chi connectivity index (χ1n) is 8.14. The molecule has 124 valence electrons. The minimum absolute atomic E-state index is 0.268. The van der Waals surface area contributed by atoms with Crippen LogP contribution in [0.15, 0.2) is 54.6 Å². The number of rotatable bonds is 3. The van der Waals surface area contributed by atoms with E-state index in [1.165, 1.54) is 5.56 Å². The van der Waals surface area contributed by atoms with Gasteiger partial charge in [-0.3, -0.25) is 0 Å². The van der Waals surface area contributed by atoms with Crippen LogP contribution in [0.25, 0.3) is 22.4 Å². The average molecular weight is 347 g/mol. The summed E-state index contributed by atoms with van der Waals surface area (Å²) >= 11 is 1.54. The summed E-state index contributed by atoms with van der Waals surface area (Å²) in [7, 11) is 0. The van der Waals surface area contributed by atoms with E-state index in [1.54, 1.807) is 11.3 Å². The number of aromatic nitrogens is 1. The Morgan fingerprint density at radius 3 is 2.40 bits per heavy atom. The Labute approximate surface area is 150 Å². The highest BCUT2D eigenvalue weighted by Gasteiger charge is 2.31. The second-order valence-electron chi connectivity index (χ2n) is 6.07. The highest BCUT2D eigenvalue weighted by molar-refractivity contribution is 7.13. The summed E-state index contributed by atoms with van der Waals surface area (Å²) in [6.45, 7) is 4.33. The van der Waals surface area contributed by atoms with Crippen LogP contribution in [0, 0.1) is 13.8 Å². The lowest BCUT2D eigenvalue weighted by Gasteiger charge is -2.05. The Balaban J connectivity index is 1.91. The number of esters is 1. The Hall–Kier alpha value is -2.72. The number of cyclic esters (lactones) is 1. The maximum absolute atomic E-state index is 12.5. The van der Waals surface area contributed by atoms with Crippen LogP contribution in [-0.2, 0) is 9.53 Å². The van der Waals surface area contributed by atoms with Gasteiger partial charge >= 0.3 is 5.97 Å². The molecule has 0 saturated carbocycles. The van der Waals surface area contributed by atoms with E-state index in [0.717, 1.165) is 32.3 Å². The molecule has 1 aliphatic rings. The predicted molar refractivity (Wildman–Crippen MR) is 101 cm³/mol. The van der Waals surface area contributed by atoms with Crippen molar-refractivity contribution in [3.63, 3.8) is 0 Å². The van der Waals surface area contributed by atoms with Crippen molar-refractivity contribution in [2.24, 2.45) is 0 Å². The number of carbonyl (C=O) groups is 1. The third-order valence-corrected chi connectivity index (χ3v) is 5.25. The van der Waals surface area contributed by atoms with E-state index in [9.17, 15) is 4.79 Å². The van der Waals surface area contributed by atoms with Crippen molar-refractivity contribution in [1.82, 2.24) is 4.98 Å². The molecule has 0 amide bonds. The van der Waals surface area contributed by atoms with E-state index in [0.29, 0.717) is 12.2 Å². The zero-order valence-corrected chi connectivity index (χ0v) is 14.9. The van der Waals surface area contributed by atoms with Gasteiger partial charge in [0.2, 0.25) is 0 Å². The fourth-order valence-corrected chi connectivity index (χ4v) is 4.01. The van der Waals surface area contributed by atoms with E-state index in [1.807, 2.05) is 37.3 Å². The molecular weight excluding hydrogens is 330 g/mol. The highest BCUT2D eigenvalue weighted by atomic mass is 32.1. The predicted octanol–water partition coefficient (Wildman–Crippen LogP) is 4.89. The normalized spacial score (nSPS) is 14.1. The number of hydrogen-bond donors (Lipinski definition) is 0. The van der Waals surface area contributed by atoms with Crippen LogP contribution in [0.1, 0.15) is 21.0 Å². The number of ether oxygens (including phenoxy) is 1. The second kappa shape index (κ2) is 6.30. The highest BCUT2D eigenvalue weighted by Crippen LogP contribution is 2.40. The van der Waals surface area contributed by atoms with E-state index in [4.69, 9.17) is 9.72 Å². The van der Waals surface area contributed by atoms with Crippen molar-refractivity contribution in [3.05, 3.63) is 75.6 Å². The fourth-order valence-electron chi connectivity index (χ4n) is 3.01. The molecule has 4 heteroatoms. The van der Waals surface area contributed by atoms with Crippen molar-refractivity contribution in [2.75, 3.05) is 6.61 Å². The molecule has 3 aromatic rings. The van der Waals surface area contributed by atoms with Crippen molar-refractivity contribution in [3.8, 4) is 11.3 Å². The average Bonchev–Trinajstić information content (AvgIpc) is 3.19. The molecule has 1 aliphatic heterocycles. The maximum Gasteiger partial charge on any atom is 0.340 e. The molecule has 0 atom stereocenters. The summed E-state index contributed by atoms with van der Waals surface area (Å²) in [5, 5.41) is 0.935. The Morgan fingerprint density at radius 1 is 0.960 bits per heavy atom. The first-order chi connectivity index (χ1) is 12.1. The Morgan fingerprint density at radius 2 is 1.68 bits per heavy atom. The zero-order valence-electron chi connectivity index (χ0n) is 14.1. The summed E-state index contributed by atoms with van der Waals surface area (Å²) in [5.74, 6) is -0.268. The van der Waals surface area contributed by atoms with Crippen LogP contribution in [-0.4, -0.2) is 17.6 Å². The Bertz CT molecular complexity index is 969. The van der Waals surface area contributed by atoms with Crippen molar-refractivity contribution in [1.29, 1.82) is 0 Å². The topological polar surface area (TPSA) is 39.2 Å². The van der Waals surface area contributed by atoms with Crippen molar-refractivity contribution >= 4 is 28.5 Å². The van der Waals surface area contributed by atoms with Crippen LogP contribution in [0.3, 0.4) is 0 Å². The van der Waals surface area contributed by atoms with Crippen molar-refractivity contribution in [2.45, 2.75) is 13.8 Å². The fraction of sp³-hybridized carbons (Fsp3) is 0.143. The maximum atomic E-state index is 12.5. The second-order valence-corrected chi connectivity index (χ2v) is 7.28. The van der Waals surface area contributed by atoms with Crippen LogP contribution in [0.2, 0.25) is 0 Å². The molecule has 0 radical (unpaired) electrons. The molecule has 1 aromatic heterocycles. The van der Waals surface area contributed by atoms with E-state index in [-0.39, 0.29) is 5.97 Å². The van der Waals surface area contributed by atoms with Crippen LogP contribution < -0.4 is 0 Å². The zero-order chi connectivity index (χ0) is 17.4. The minimum atomic E-state index is -0.268. The molecule has 0 N–H and O–H groups in total. The van der Waals surface area contributed by atoms with E-state index in [2.05, 4.69) is 31.2 Å². The molecule has 3 nitrogen and oxygen atoms in total. The van der Waals surface area contributed by atoms with Gasteiger partial charge in [-0.2, -0.15) is 0 Å². The van der Waals surface area contributed by atoms with E-state index >= 15 is 0 Å². The van der Waals surface area contributed by atoms with E-state index < -0.39 is 0 Å². The van der Waals surface area contributed by atoms with Crippen LogP contribution >= 0.6 is 11.3 Å². The molecule has 2 aromatic carbocycles. The number of thiazole rings is 1. The van der Waals surface area contributed by atoms with Crippen LogP contribution in [0.4, 0.5) is 0 Å². The molecule has 2 heterocycles. The third kappa shape index (κ3) is 2.89. The first kappa shape index (κ1) is 15.8. The summed E-state index contributed by atoms with van der Waals surface area (Å²) in [6.07, 6.45) is 0. The van der Waals surface area contributed by atoms with Gasteiger partial charge in [0.25, 0.3) is 0 Å². The summed E-state index contributed by atoms with van der Waals surface area (Å²) < 4.78 is 5.37. The summed E-state index contributed by atoms with van der Waals surface area (Å²) in [5.41, 5.74) is 5.66. The summed E-state index contributed by atoms with van der Waals surface area (Å²) in [4.78, 5) is 18.1. The lowest BCUT2D eigenvalue weighted by molar-refractivity contribution is -0.133. The largest absolute Gasteiger partial charge is 0.457 e. The third-order valence-electron chi connectivity index (χ3n) is 4.26. The van der Waals surface area contributed by atoms with Gasteiger partial charge in [-0.05, 0) is 19.4 Å². The molecule has 0 saturated heterocycles. The number of benzene rings is 2. The van der Waals surface area contributed by atoms with Gasteiger partial charge < -0.3 is 4.74 Å². The molecule has 0 spiro atoms. The van der Waals surface area contributed by atoms with Gasteiger partial charge in [-0.15, -0.1) is 11.3 Å². The smallest absolute Gasteiger partial charge is 0.340 e. The van der Waals surface area contributed by atoms with Gasteiger partial charge in [-0.25, -0.2) is 9.78 Å². The number of carbonyl (C=O) groups excluding carboxylic acids is 1. The standard InChI is InChI=1S/C21H17NO2S/c1-13-8-10-16(11-9-13)19-20(25-14(2)22-19)18-17(12-24-21(18)23)15-6-4-3-5-7-15/h3-11H,12H2,1-2H3. The lowest BCUT2D eigenvalue weighted by Crippen LogP contribution is -1.98. The molecule has 0 fully saturated rings. The van der Waals surface area contributed by atoms with Gasteiger partial charge in [-0.1, -0.05) is 60.2 Å². The lowest BCUT2D eigenvalue weighted by atomic mass is 9.98. The van der Waals surface area contributed by atoms with Crippen LogP contribution in [0.5, 0.6) is 0 Å². The SMILES string of the molecule is Cc1ccc(-c2nc(C)sc2C2=C(c3ccccc3)COC2=O)cc1. The quantitative estimate of drug-likeness (QED) is 0.633. The number of aryl methyl sites for hydroxylation is 2. The first-order valence-corrected chi connectivity index (χ1v) is 8.95. The molecule has 0 unspecified atom stereocenters. The molecule has 0 bridgehead atoms. The summed E-state index contributed by atoms with van der Waals surface area (Å²) in [6, 6.07) is 18.2. The minimum Gasteiger partial charge on any atom is -0.457 e. The molecular formula is C21H17NO2S. The van der Waals surface area contributed by atoms with Gasteiger partial charge in [0.05, 0.1) is 21.2 Å². The van der Waals surface area contributed by atoms with Gasteiger partial charge in [0, 0.05) is 11.1 Å². The Kier molecular flexibility index (Phi) is 3.98. The number of hydrogen-bond acceptors (Lipinski definition) is 4. The molecule has 25 heavy (non-hydrogen) atoms. The van der Waals surface area contributed by atoms with Gasteiger partial charge in [0.1, 0.15) is 6.61 Å². The molecule has 4 rings (SSSR count). The molecule has 0 aliphatic carbocycles. The number of nitrogens with zero attached hydrogens (tertiary/aromatic N) is 1. The van der Waals surface area contributed by atoms with Crippen molar-refractivity contribution < 1.29 is 9.53 Å². The monoisotopic (exact) mass is 347 g/mol.